The second-order valence-corrected chi connectivity index (χ2v) is 8.51. The lowest BCUT2D eigenvalue weighted by Gasteiger charge is -2.21. The first-order valence-electron chi connectivity index (χ1n) is 10.7. The molecule has 172 valence electrons. The molecule has 8 heteroatoms. The fourth-order valence-corrected chi connectivity index (χ4v) is 4.52. The Balaban J connectivity index is 1.54. The van der Waals surface area contributed by atoms with E-state index in [2.05, 4.69) is 0 Å². The summed E-state index contributed by atoms with van der Waals surface area (Å²) in [6, 6.07) is 5.04. The number of aliphatic hydroxyl groups excluding tert-OH is 1. The Labute approximate surface area is 179 Å². The van der Waals surface area contributed by atoms with Crippen LogP contribution >= 0.6 is 0 Å². The van der Waals surface area contributed by atoms with Gasteiger partial charge in [-0.25, -0.2) is 4.39 Å². The molecule has 0 spiro atoms. The molecule has 0 unspecified atom stereocenters. The molecular formula is C23H29F3O5. The van der Waals surface area contributed by atoms with Gasteiger partial charge in [-0.15, -0.1) is 0 Å². The molecular weight excluding hydrogens is 413 g/mol. The minimum atomic E-state index is -3.27. The fourth-order valence-electron chi connectivity index (χ4n) is 4.52. The van der Waals surface area contributed by atoms with Crippen LogP contribution in [0.25, 0.3) is 0 Å². The normalized spacial score (nSPS) is 29.0. The maximum Gasteiger partial charge on any atom is 0.303 e. The summed E-state index contributed by atoms with van der Waals surface area (Å²) in [7, 11) is 0. The smallest absolute Gasteiger partial charge is 0.303 e. The third-order valence-corrected chi connectivity index (χ3v) is 6.14. The van der Waals surface area contributed by atoms with Crippen LogP contribution in [0.1, 0.15) is 38.5 Å². The number of rotatable bonds is 9. The zero-order valence-electron chi connectivity index (χ0n) is 17.3. The van der Waals surface area contributed by atoms with Crippen LogP contribution in [0, 0.1) is 23.6 Å². The quantitative estimate of drug-likeness (QED) is 0.553. The minimum Gasteiger partial charge on any atom is -0.487 e. The first-order valence-corrected chi connectivity index (χ1v) is 10.7. The van der Waals surface area contributed by atoms with Crippen molar-refractivity contribution in [2.24, 2.45) is 17.8 Å². The summed E-state index contributed by atoms with van der Waals surface area (Å²) in [5, 5.41) is 19.2. The number of halogens is 3. The molecule has 1 aromatic rings. The van der Waals surface area contributed by atoms with Gasteiger partial charge in [0, 0.05) is 31.4 Å². The van der Waals surface area contributed by atoms with E-state index in [-0.39, 0.29) is 30.1 Å². The number of carboxylic acids is 1. The van der Waals surface area contributed by atoms with Crippen molar-refractivity contribution in [2.75, 3.05) is 13.2 Å². The number of ether oxygens (including phenoxy) is 2. The Morgan fingerprint density at radius 3 is 2.87 bits per heavy atom. The van der Waals surface area contributed by atoms with Gasteiger partial charge in [-0.2, -0.15) is 8.78 Å². The fraction of sp³-hybridized carbons (Fsp3) is 0.609. The number of carboxylic acid groups (broad SMARTS) is 1. The van der Waals surface area contributed by atoms with Crippen LogP contribution < -0.4 is 4.74 Å². The van der Waals surface area contributed by atoms with Gasteiger partial charge in [-0.05, 0) is 55.7 Å². The molecule has 5 nitrogen and oxygen atoms in total. The zero-order chi connectivity index (χ0) is 22.4. The highest BCUT2D eigenvalue weighted by Crippen LogP contribution is 2.42. The SMILES string of the molecule is O=C(O)CCC[C@H]1CC[C@@H]2[C@@H](/C=C/C(F)(F)COc3cccc(F)c3)[C@H](O)C[C@@H]2OC1. The molecule has 1 heterocycles. The average Bonchev–Trinajstić information content (AvgIpc) is 2.87. The van der Waals surface area contributed by atoms with E-state index in [1.54, 1.807) is 0 Å². The summed E-state index contributed by atoms with van der Waals surface area (Å²) in [5.41, 5.74) is 0. The molecule has 2 fully saturated rings. The highest BCUT2D eigenvalue weighted by molar-refractivity contribution is 5.66. The van der Waals surface area contributed by atoms with E-state index in [1.807, 2.05) is 0 Å². The number of carbonyl (C=O) groups is 1. The number of aliphatic carboxylic acids is 1. The predicted molar refractivity (Wildman–Crippen MR) is 108 cm³/mol. The van der Waals surface area contributed by atoms with Crippen LogP contribution in [-0.2, 0) is 9.53 Å². The third-order valence-electron chi connectivity index (χ3n) is 6.14. The summed E-state index contributed by atoms with van der Waals surface area (Å²) < 4.78 is 52.7. The number of benzene rings is 1. The second kappa shape index (κ2) is 10.5. The molecule has 0 bridgehead atoms. The summed E-state index contributed by atoms with van der Waals surface area (Å²) in [4.78, 5) is 10.7. The number of aliphatic hydroxyl groups is 1. The van der Waals surface area contributed by atoms with E-state index >= 15 is 0 Å². The lowest BCUT2D eigenvalue weighted by molar-refractivity contribution is -0.137. The molecule has 1 saturated heterocycles. The standard InChI is InChI=1S/C23H29F3O5/c24-16-4-2-5-17(11-16)31-14-23(25,26)10-9-18-19-8-7-15(3-1-6-22(28)29)13-30-21(19)12-20(18)27/h2,4-5,9-11,15,18-21,27H,1,3,6-8,12-14H2,(H,28,29)/b10-9+/t15-,18+,19+,20+,21-/m0/s1. The second-order valence-electron chi connectivity index (χ2n) is 8.51. The number of hydrogen-bond acceptors (Lipinski definition) is 4. The van der Waals surface area contributed by atoms with E-state index in [9.17, 15) is 23.1 Å². The molecule has 0 radical (unpaired) electrons. The average molecular weight is 442 g/mol. The number of fused-ring (bicyclic) bond motifs is 1. The lowest BCUT2D eigenvalue weighted by Crippen LogP contribution is -2.25. The Morgan fingerprint density at radius 2 is 2.13 bits per heavy atom. The Kier molecular flexibility index (Phi) is 8.00. The van der Waals surface area contributed by atoms with Crippen molar-refractivity contribution in [1.82, 2.24) is 0 Å². The van der Waals surface area contributed by atoms with Crippen LogP contribution in [0.15, 0.2) is 36.4 Å². The Bertz CT molecular complexity index is 769. The number of alkyl halides is 2. The van der Waals surface area contributed by atoms with Crippen LogP contribution in [0.2, 0.25) is 0 Å². The van der Waals surface area contributed by atoms with Crippen molar-refractivity contribution in [3.63, 3.8) is 0 Å². The largest absolute Gasteiger partial charge is 0.487 e. The van der Waals surface area contributed by atoms with Crippen LogP contribution in [0.3, 0.4) is 0 Å². The van der Waals surface area contributed by atoms with Crippen molar-refractivity contribution in [2.45, 2.75) is 56.7 Å². The number of hydrogen-bond donors (Lipinski definition) is 2. The van der Waals surface area contributed by atoms with E-state index in [0.29, 0.717) is 19.4 Å². The lowest BCUT2D eigenvalue weighted by atomic mass is 9.86. The van der Waals surface area contributed by atoms with Gasteiger partial charge < -0.3 is 19.7 Å². The van der Waals surface area contributed by atoms with E-state index in [1.165, 1.54) is 24.3 Å². The Hall–Kier alpha value is -2.06. The topological polar surface area (TPSA) is 76.0 Å². The van der Waals surface area contributed by atoms with Gasteiger partial charge in [0.05, 0.1) is 12.2 Å². The summed E-state index contributed by atoms with van der Waals surface area (Å²) in [6.07, 6.45) is 4.59. The van der Waals surface area contributed by atoms with Gasteiger partial charge >= 0.3 is 5.97 Å². The van der Waals surface area contributed by atoms with E-state index < -0.39 is 36.3 Å². The van der Waals surface area contributed by atoms with E-state index in [0.717, 1.165) is 31.4 Å². The van der Waals surface area contributed by atoms with Gasteiger partial charge in [-0.1, -0.05) is 12.1 Å². The molecule has 2 aliphatic rings. The Morgan fingerprint density at radius 1 is 1.32 bits per heavy atom. The van der Waals surface area contributed by atoms with Crippen LogP contribution in [-0.4, -0.2) is 47.5 Å². The summed E-state index contributed by atoms with van der Waals surface area (Å²) in [6.45, 7) is -0.423. The maximum atomic E-state index is 14.3. The molecule has 0 amide bonds. The first-order chi connectivity index (χ1) is 14.7. The molecule has 1 aliphatic heterocycles. The molecule has 0 aromatic heterocycles. The van der Waals surface area contributed by atoms with Gasteiger partial charge in [0.2, 0.25) is 0 Å². The van der Waals surface area contributed by atoms with Crippen molar-refractivity contribution in [1.29, 1.82) is 0 Å². The predicted octanol–water partition coefficient (Wildman–Crippen LogP) is 4.44. The molecule has 3 rings (SSSR count). The first kappa shape index (κ1) is 23.6. The van der Waals surface area contributed by atoms with Crippen molar-refractivity contribution in [3.05, 3.63) is 42.2 Å². The van der Waals surface area contributed by atoms with Crippen molar-refractivity contribution < 1.29 is 37.7 Å². The van der Waals surface area contributed by atoms with Crippen LogP contribution in [0.5, 0.6) is 5.75 Å². The van der Waals surface area contributed by atoms with Gasteiger partial charge in [-0.3, -0.25) is 4.79 Å². The molecule has 5 atom stereocenters. The molecule has 1 aliphatic carbocycles. The summed E-state index contributed by atoms with van der Waals surface area (Å²) in [5.74, 6) is -4.88. The maximum absolute atomic E-state index is 14.3. The van der Waals surface area contributed by atoms with Gasteiger partial charge in [0.15, 0.2) is 6.61 Å². The van der Waals surface area contributed by atoms with Crippen LogP contribution in [0.4, 0.5) is 13.2 Å². The molecule has 31 heavy (non-hydrogen) atoms. The van der Waals surface area contributed by atoms with Gasteiger partial charge in [0.25, 0.3) is 5.92 Å². The zero-order valence-corrected chi connectivity index (χ0v) is 17.3. The molecule has 1 aromatic carbocycles. The molecule has 2 N–H and O–H groups in total. The van der Waals surface area contributed by atoms with E-state index in [4.69, 9.17) is 14.6 Å². The molecule has 1 saturated carbocycles. The highest BCUT2D eigenvalue weighted by atomic mass is 19.3. The van der Waals surface area contributed by atoms with Crippen molar-refractivity contribution >= 4 is 5.97 Å². The third kappa shape index (κ3) is 6.97. The highest BCUT2D eigenvalue weighted by Gasteiger charge is 2.44. The monoisotopic (exact) mass is 442 g/mol. The summed E-state index contributed by atoms with van der Waals surface area (Å²) >= 11 is 0. The minimum absolute atomic E-state index is 0.0279. The van der Waals surface area contributed by atoms with Gasteiger partial charge in [0.1, 0.15) is 11.6 Å². The van der Waals surface area contributed by atoms with Crippen molar-refractivity contribution in [3.8, 4) is 5.75 Å².